The first kappa shape index (κ1) is 22.0. The molecule has 9 nitrogen and oxygen atoms in total. The Balaban J connectivity index is 1.39. The Labute approximate surface area is 187 Å². The fourth-order valence-corrected chi connectivity index (χ4v) is 3.91. The third kappa shape index (κ3) is 4.99. The Morgan fingerprint density at radius 3 is 2.62 bits per heavy atom. The van der Waals surface area contributed by atoms with E-state index in [1.807, 2.05) is 43.3 Å². The average molecular weight is 439 g/mol. The third-order valence-electron chi connectivity index (χ3n) is 5.76. The lowest BCUT2D eigenvalue weighted by Crippen LogP contribution is -2.41. The van der Waals surface area contributed by atoms with Crippen LogP contribution in [0.3, 0.4) is 0 Å². The van der Waals surface area contributed by atoms with Gasteiger partial charge in [-0.3, -0.25) is 4.79 Å². The number of methoxy groups -OCH3 is 1. The minimum atomic E-state index is 0.0480. The third-order valence-corrected chi connectivity index (χ3v) is 5.76. The van der Waals surface area contributed by atoms with E-state index < -0.39 is 0 Å². The molecule has 3 aromatic rings. The molecule has 1 N–H and O–H groups in total. The van der Waals surface area contributed by atoms with Crippen molar-refractivity contribution in [2.75, 3.05) is 44.9 Å². The zero-order valence-corrected chi connectivity index (χ0v) is 18.7. The van der Waals surface area contributed by atoms with E-state index in [0.29, 0.717) is 31.2 Å². The molecule has 2 aromatic heterocycles. The van der Waals surface area contributed by atoms with Crippen molar-refractivity contribution < 1.29 is 14.3 Å². The van der Waals surface area contributed by atoms with Crippen molar-refractivity contribution in [3.63, 3.8) is 0 Å². The van der Waals surface area contributed by atoms with E-state index in [1.165, 1.54) is 0 Å². The number of fused-ring (bicyclic) bond motifs is 1. The standard InChI is InChI=1S/C23H30N6O3/c1-3-32-16-4-13-24-23(30)18-11-14-28(15-12-18)21-10-9-20-25-26-22(29(20)27-21)17-5-7-19(31-2)8-6-17/h5-10,18H,3-4,11-16H2,1-2H3,(H,24,30). The van der Waals surface area contributed by atoms with Gasteiger partial charge < -0.3 is 19.7 Å². The zero-order chi connectivity index (χ0) is 22.3. The van der Waals surface area contributed by atoms with Crippen LogP contribution < -0.4 is 15.0 Å². The van der Waals surface area contributed by atoms with Crippen LogP contribution in [0.25, 0.3) is 17.0 Å². The van der Waals surface area contributed by atoms with E-state index >= 15 is 0 Å². The first-order valence-electron chi connectivity index (χ1n) is 11.2. The van der Waals surface area contributed by atoms with Crippen molar-refractivity contribution in [1.82, 2.24) is 25.1 Å². The van der Waals surface area contributed by atoms with Gasteiger partial charge >= 0.3 is 0 Å². The number of hydrogen-bond donors (Lipinski definition) is 1. The number of anilines is 1. The maximum atomic E-state index is 12.4. The van der Waals surface area contributed by atoms with Crippen LogP contribution in [0.15, 0.2) is 36.4 Å². The highest BCUT2D eigenvalue weighted by molar-refractivity contribution is 5.79. The summed E-state index contributed by atoms with van der Waals surface area (Å²) in [5.74, 6) is 2.53. The molecule has 0 radical (unpaired) electrons. The number of hydrogen-bond acceptors (Lipinski definition) is 7. The highest BCUT2D eigenvalue weighted by Crippen LogP contribution is 2.25. The van der Waals surface area contributed by atoms with Gasteiger partial charge in [0.25, 0.3) is 0 Å². The van der Waals surface area contributed by atoms with Crippen molar-refractivity contribution in [2.45, 2.75) is 26.2 Å². The van der Waals surface area contributed by atoms with Crippen LogP contribution >= 0.6 is 0 Å². The predicted molar refractivity (Wildman–Crippen MR) is 122 cm³/mol. The van der Waals surface area contributed by atoms with E-state index in [0.717, 1.165) is 49.5 Å². The number of nitrogens with one attached hydrogen (secondary N) is 1. The van der Waals surface area contributed by atoms with Gasteiger partial charge in [-0.15, -0.1) is 15.3 Å². The van der Waals surface area contributed by atoms with Crippen molar-refractivity contribution in [2.24, 2.45) is 5.92 Å². The average Bonchev–Trinajstić information content (AvgIpc) is 3.27. The summed E-state index contributed by atoms with van der Waals surface area (Å²) in [7, 11) is 1.64. The van der Waals surface area contributed by atoms with Crippen LogP contribution in [-0.4, -0.2) is 65.7 Å². The number of amides is 1. The Kier molecular flexibility index (Phi) is 7.16. The molecule has 1 fully saturated rings. The second-order valence-corrected chi connectivity index (χ2v) is 7.82. The lowest BCUT2D eigenvalue weighted by Gasteiger charge is -2.32. The summed E-state index contributed by atoms with van der Waals surface area (Å²) in [4.78, 5) is 14.7. The SMILES string of the molecule is CCOCCCNC(=O)C1CCN(c2ccc3nnc(-c4ccc(OC)cc4)n3n2)CC1. The van der Waals surface area contributed by atoms with Gasteiger partial charge in [0.1, 0.15) is 11.6 Å². The first-order valence-corrected chi connectivity index (χ1v) is 11.2. The van der Waals surface area contributed by atoms with Crippen molar-refractivity contribution >= 4 is 17.4 Å². The molecule has 32 heavy (non-hydrogen) atoms. The molecule has 0 atom stereocenters. The number of benzene rings is 1. The molecular weight excluding hydrogens is 408 g/mol. The fraction of sp³-hybridized carbons (Fsp3) is 0.478. The summed E-state index contributed by atoms with van der Waals surface area (Å²) in [6.07, 6.45) is 2.47. The van der Waals surface area contributed by atoms with Crippen molar-refractivity contribution in [3.05, 3.63) is 36.4 Å². The van der Waals surface area contributed by atoms with Gasteiger partial charge in [-0.05, 0) is 62.6 Å². The number of piperidine rings is 1. The first-order chi connectivity index (χ1) is 15.7. The molecule has 0 aliphatic carbocycles. The van der Waals surface area contributed by atoms with Crippen LogP contribution in [0.2, 0.25) is 0 Å². The monoisotopic (exact) mass is 438 g/mol. The van der Waals surface area contributed by atoms with E-state index in [1.54, 1.807) is 11.6 Å². The number of carbonyl (C=O) groups excluding carboxylic acids is 1. The van der Waals surface area contributed by atoms with Gasteiger partial charge in [0.05, 0.1) is 7.11 Å². The fourth-order valence-electron chi connectivity index (χ4n) is 3.91. The Morgan fingerprint density at radius 2 is 1.91 bits per heavy atom. The molecule has 9 heteroatoms. The molecule has 3 heterocycles. The molecule has 0 spiro atoms. The molecule has 170 valence electrons. The van der Waals surface area contributed by atoms with Crippen LogP contribution in [0.1, 0.15) is 26.2 Å². The largest absolute Gasteiger partial charge is 0.497 e. The summed E-state index contributed by atoms with van der Waals surface area (Å²) in [6, 6.07) is 11.6. The summed E-state index contributed by atoms with van der Waals surface area (Å²) in [5, 5.41) is 16.4. The maximum absolute atomic E-state index is 12.4. The molecule has 0 saturated carbocycles. The summed E-state index contributed by atoms with van der Waals surface area (Å²) in [5.41, 5.74) is 1.61. The Bertz CT molecular complexity index is 1030. The molecule has 1 aliphatic heterocycles. The molecule has 0 bridgehead atoms. The highest BCUT2D eigenvalue weighted by Gasteiger charge is 2.26. The zero-order valence-electron chi connectivity index (χ0n) is 18.7. The van der Waals surface area contributed by atoms with Gasteiger partial charge in [-0.25, -0.2) is 0 Å². The number of rotatable bonds is 9. The van der Waals surface area contributed by atoms with E-state index in [2.05, 4.69) is 20.4 Å². The van der Waals surface area contributed by atoms with Gasteiger partial charge in [-0.1, -0.05) is 0 Å². The summed E-state index contributed by atoms with van der Waals surface area (Å²) < 4.78 is 12.3. The Morgan fingerprint density at radius 1 is 1.12 bits per heavy atom. The molecule has 1 aromatic carbocycles. The predicted octanol–water partition coefficient (Wildman–Crippen LogP) is 2.56. The normalized spacial score (nSPS) is 14.6. The molecule has 1 amide bonds. The van der Waals surface area contributed by atoms with Gasteiger partial charge in [-0.2, -0.15) is 4.52 Å². The lowest BCUT2D eigenvalue weighted by molar-refractivity contribution is -0.125. The molecule has 4 rings (SSSR count). The van der Waals surface area contributed by atoms with Crippen molar-refractivity contribution in [3.8, 4) is 17.1 Å². The number of ether oxygens (including phenoxy) is 2. The van der Waals surface area contributed by atoms with E-state index in [4.69, 9.17) is 14.6 Å². The second kappa shape index (κ2) is 10.4. The van der Waals surface area contributed by atoms with Gasteiger partial charge in [0.2, 0.25) is 5.91 Å². The molecule has 1 aliphatic rings. The van der Waals surface area contributed by atoms with Crippen LogP contribution in [-0.2, 0) is 9.53 Å². The van der Waals surface area contributed by atoms with Gasteiger partial charge in [0.15, 0.2) is 11.5 Å². The van der Waals surface area contributed by atoms with E-state index in [-0.39, 0.29) is 11.8 Å². The minimum absolute atomic E-state index is 0.0480. The summed E-state index contributed by atoms with van der Waals surface area (Å²) in [6.45, 7) is 5.61. The molecule has 0 unspecified atom stereocenters. The number of aromatic nitrogens is 4. The number of nitrogens with zero attached hydrogens (tertiary/aromatic N) is 5. The van der Waals surface area contributed by atoms with Crippen molar-refractivity contribution in [1.29, 1.82) is 0 Å². The van der Waals surface area contributed by atoms with E-state index in [9.17, 15) is 4.79 Å². The highest BCUT2D eigenvalue weighted by atomic mass is 16.5. The smallest absolute Gasteiger partial charge is 0.223 e. The van der Waals surface area contributed by atoms with Gasteiger partial charge in [0, 0.05) is 44.3 Å². The second-order valence-electron chi connectivity index (χ2n) is 7.82. The number of carbonyl (C=O) groups is 1. The van der Waals surface area contributed by atoms with Crippen LogP contribution in [0.4, 0.5) is 5.82 Å². The lowest BCUT2D eigenvalue weighted by atomic mass is 9.96. The molecular formula is C23H30N6O3. The maximum Gasteiger partial charge on any atom is 0.223 e. The minimum Gasteiger partial charge on any atom is -0.497 e. The quantitative estimate of drug-likeness (QED) is 0.513. The van der Waals surface area contributed by atoms with Crippen LogP contribution in [0.5, 0.6) is 5.75 Å². The van der Waals surface area contributed by atoms with Crippen LogP contribution in [0, 0.1) is 5.92 Å². The summed E-state index contributed by atoms with van der Waals surface area (Å²) >= 11 is 0. The topological polar surface area (TPSA) is 93.9 Å². The Hall–Kier alpha value is -3.20. The molecule has 1 saturated heterocycles.